The molecule has 0 aliphatic rings. The zero-order chi connectivity index (χ0) is 15.9. The van der Waals surface area contributed by atoms with Crippen LogP contribution >= 0.6 is 0 Å². The van der Waals surface area contributed by atoms with E-state index in [0.29, 0.717) is 13.1 Å². The van der Waals surface area contributed by atoms with Crippen molar-refractivity contribution in [3.63, 3.8) is 0 Å². The molecule has 0 radical (unpaired) electrons. The van der Waals surface area contributed by atoms with Crippen LogP contribution in [0, 0.1) is 5.41 Å². The third-order valence-corrected chi connectivity index (χ3v) is 4.17. The van der Waals surface area contributed by atoms with Gasteiger partial charge >= 0.3 is 0 Å². The molecule has 0 unspecified atom stereocenters. The molecule has 3 N–H and O–H groups in total. The highest BCUT2D eigenvalue weighted by Gasteiger charge is 2.32. The lowest BCUT2D eigenvalue weighted by molar-refractivity contribution is -0.131. The first-order valence-corrected chi connectivity index (χ1v) is 7.68. The van der Waals surface area contributed by atoms with Gasteiger partial charge in [-0.1, -0.05) is 38.1 Å². The van der Waals surface area contributed by atoms with Gasteiger partial charge in [0, 0.05) is 19.6 Å². The third-order valence-electron chi connectivity index (χ3n) is 4.17. The van der Waals surface area contributed by atoms with Crippen molar-refractivity contribution in [2.75, 3.05) is 20.6 Å². The van der Waals surface area contributed by atoms with E-state index >= 15 is 0 Å². The lowest BCUT2D eigenvalue weighted by atomic mass is 9.81. The molecule has 0 saturated heterocycles. The van der Waals surface area contributed by atoms with E-state index in [0.717, 1.165) is 24.9 Å². The molecule has 0 saturated carbocycles. The Bertz CT molecular complexity index is 445. The van der Waals surface area contributed by atoms with E-state index < -0.39 is 5.41 Å². The van der Waals surface area contributed by atoms with Gasteiger partial charge in [0.25, 0.3) is 0 Å². The van der Waals surface area contributed by atoms with Gasteiger partial charge < -0.3 is 16.0 Å². The number of nitrogens with one attached hydrogen (secondary N) is 1. The Morgan fingerprint density at radius 2 is 1.86 bits per heavy atom. The van der Waals surface area contributed by atoms with E-state index in [1.54, 1.807) is 0 Å². The van der Waals surface area contributed by atoms with E-state index in [1.165, 1.54) is 5.56 Å². The molecule has 0 spiro atoms. The van der Waals surface area contributed by atoms with Gasteiger partial charge in [0.15, 0.2) is 0 Å². The summed E-state index contributed by atoms with van der Waals surface area (Å²) in [6.07, 6.45) is 1.54. The fourth-order valence-corrected chi connectivity index (χ4v) is 2.53. The SMILES string of the molecule is CCC(CC)(CN)C(=O)NCc1cccc(CN(C)C)c1. The minimum atomic E-state index is -0.429. The van der Waals surface area contributed by atoms with Crippen LogP contribution in [0.2, 0.25) is 0 Å². The van der Waals surface area contributed by atoms with Crippen LogP contribution in [0.25, 0.3) is 0 Å². The van der Waals surface area contributed by atoms with Crippen LogP contribution < -0.4 is 11.1 Å². The van der Waals surface area contributed by atoms with Gasteiger partial charge in [-0.25, -0.2) is 0 Å². The summed E-state index contributed by atoms with van der Waals surface area (Å²) >= 11 is 0. The van der Waals surface area contributed by atoms with Gasteiger partial charge in [-0.3, -0.25) is 4.79 Å². The second-order valence-electron chi connectivity index (χ2n) is 5.93. The highest BCUT2D eigenvalue weighted by Crippen LogP contribution is 2.25. The monoisotopic (exact) mass is 291 g/mol. The van der Waals surface area contributed by atoms with E-state index in [2.05, 4.69) is 22.3 Å². The molecule has 0 bridgehead atoms. The highest BCUT2D eigenvalue weighted by molar-refractivity contribution is 5.82. The summed E-state index contributed by atoms with van der Waals surface area (Å²) < 4.78 is 0. The first-order valence-electron chi connectivity index (χ1n) is 7.68. The van der Waals surface area contributed by atoms with Crippen molar-refractivity contribution in [2.24, 2.45) is 11.1 Å². The van der Waals surface area contributed by atoms with Crippen LogP contribution in [0.4, 0.5) is 0 Å². The topological polar surface area (TPSA) is 58.4 Å². The standard InChI is InChI=1S/C17H29N3O/c1-5-17(6-2,13-18)16(21)19-11-14-8-7-9-15(10-14)12-20(3)4/h7-10H,5-6,11-13,18H2,1-4H3,(H,19,21). The number of carbonyl (C=O) groups is 1. The maximum absolute atomic E-state index is 12.4. The Hall–Kier alpha value is -1.39. The number of benzene rings is 1. The van der Waals surface area contributed by atoms with Crippen molar-refractivity contribution in [1.82, 2.24) is 10.2 Å². The zero-order valence-corrected chi connectivity index (χ0v) is 13.8. The quantitative estimate of drug-likeness (QED) is 0.771. The van der Waals surface area contributed by atoms with Crippen LogP contribution in [-0.2, 0) is 17.9 Å². The molecule has 4 heteroatoms. The molecule has 1 aromatic rings. The summed E-state index contributed by atoms with van der Waals surface area (Å²) in [6, 6.07) is 8.33. The average Bonchev–Trinajstić information content (AvgIpc) is 2.47. The molecule has 0 fully saturated rings. The summed E-state index contributed by atoms with van der Waals surface area (Å²) in [5, 5.41) is 3.04. The molecule has 0 heterocycles. The van der Waals surface area contributed by atoms with Crippen LogP contribution in [0.3, 0.4) is 0 Å². The number of rotatable bonds is 8. The Labute approximate surface area is 128 Å². The number of hydrogen-bond donors (Lipinski definition) is 2. The van der Waals surface area contributed by atoms with Gasteiger partial charge in [0.05, 0.1) is 5.41 Å². The molecule has 118 valence electrons. The van der Waals surface area contributed by atoms with E-state index in [-0.39, 0.29) is 5.91 Å². The Morgan fingerprint density at radius 3 is 2.38 bits per heavy atom. The summed E-state index contributed by atoms with van der Waals surface area (Å²) in [6.45, 7) is 5.90. The number of amides is 1. The lowest BCUT2D eigenvalue weighted by Gasteiger charge is -2.28. The van der Waals surface area contributed by atoms with Crippen molar-refractivity contribution in [1.29, 1.82) is 0 Å². The first-order chi connectivity index (χ1) is 9.97. The molecule has 0 aliphatic heterocycles. The van der Waals surface area contributed by atoms with Crippen molar-refractivity contribution >= 4 is 5.91 Å². The summed E-state index contributed by atoms with van der Waals surface area (Å²) in [5.74, 6) is 0.0630. The second kappa shape index (κ2) is 8.15. The molecule has 1 rings (SSSR count). The van der Waals surface area contributed by atoms with Crippen LogP contribution in [0.1, 0.15) is 37.8 Å². The van der Waals surface area contributed by atoms with Crippen LogP contribution in [0.15, 0.2) is 24.3 Å². The maximum Gasteiger partial charge on any atom is 0.227 e. The minimum absolute atomic E-state index is 0.0630. The number of carbonyl (C=O) groups excluding carboxylic acids is 1. The minimum Gasteiger partial charge on any atom is -0.352 e. The van der Waals surface area contributed by atoms with Gasteiger partial charge in [-0.15, -0.1) is 0 Å². The molecular formula is C17H29N3O. The predicted molar refractivity (Wildman–Crippen MR) is 87.7 cm³/mol. The normalized spacial score (nSPS) is 11.7. The molecular weight excluding hydrogens is 262 g/mol. The molecule has 0 aromatic heterocycles. The zero-order valence-electron chi connectivity index (χ0n) is 13.8. The van der Waals surface area contributed by atoms with E-state index in [4.69, 9.17) is 5.73 Å². The van der Waals surface area contributed by atoms with Gasteiger partial charge in [0.2, 0.25) is 5.91 Å². The molecule has 21 heavy (non-hydrogen) atoms. The number of nitrogens with two attached hydrogens (primary N) is 1. The van der Waals surface area contributed by atoms with Crippen LogP contribution in [0.5, 0.6) is 0 Å². The lowest BCUT2D eigenvalue weighted by Crippen LogP contribution is -2.45. The Kier molecular flexibility index (Phi) is 6.85. The number of nitrogens with zero attached hydrogens (tertiary/aromatic N) is 1. The van der Waals surface area contributed by atoms with Crippen molar-refractivity contribution < 1.29 is 4.79 Å². The molecule has 1 amide bonds. The van der Waals surface area contributed by atoms with Crippen molar-refractivity contribution in [2.45, 2.75) is 39.8 Å². The van der Waals surface area contributed by atoms with E-state index in [9.17, 15) is 4.79 Å². The van der Waals surface area contributed by atoms with Crippen LogP contribution in [-0.4, -0.2) is 31.4 Å². The fraction of sp³-hybridized carbons (Fsp3) is 0.588. The average molecular weight is 291 g/mol. The second-order valence-corrected chi connectivity index (χ2v) is 5.93. The summed E-state index contributed by atoms with van der Waals surface area (Å²) in [5.41, 5.74) is 7.76. The van der Waals surface area contributed by atoms with Gasteiger partial charge in [-0.2, -0.15) is 0 Å². The first kappa shape index (κ1) is 17.7. The Morgan fingerprint density at radius 1 is 1.24 bits per heavy atom. The molecule has 0 atom stereocenters. The summed E-state index contributed by atoms with van der Waals surface area (Å²) in [7, 11) is 4.10. The maximum atomic E-state index is 12.4. The smallest absolute Gasteiger partial charge is 0.227 e. The van der Waals surface area contributed by atoms with Crippen molar-refractivity contribution in [3.8, 4) is 0 Å². The fourth-order valence-electron chi connectivity index (χ4n) is 2.53. The van der Waals surface area contributed by atoms with Gasteiger partial charge in [-0.05, 0) is 38.1 Å². The highest BCUT2D eigenvalue weighted by atomic mass is 16.2. The molecule has 0 aliphatic carbocycles. The summed E-state index contributed by atoms with van der Waals surface area (Å²) in [4.78, 5) is 14.5. The Balaban J connectivity index is 2.68. The largest absolute Gasteiger partial charge is 0.352 e. The van der Waals surface area contributed by atoms with Crippen molar-refractivity contribution in [3.05, 3.63) is 35.4 Å². The predicted octanol–water partition coefficient (Wildman–Crippen LogP) is 2.13. The van der Waals surface area contributed by atoms with Gasteiger partial charge in [0.1, 0.15) is 0 Å². The number of hydrogen-bond acceptors (Lipinski definition) is 3. The van der Waals surface area contributed by atoms with E-state index in [1.807, 2.05) is 40.1 Å². The molecule has 1 aromatic carbocycles. The molecule has 4 nitrogen and oxygen atoms in total. The third kappa shape index (κ3) is 4.83.